The molecule has 0 spiro atoms. The van der Waals surface area contributed by atoms with Crippen LogP contribution in [-0.2, 0) is 14.3 Å². The number of carbonyl (C=O) groups excluding carboxylic acids is 2. The molecule has 2 rings (SSSR count). The van der Waals surface area contributed by atoms with Crippen LogP contribution >= 0.6 is 0 Å². The lowest BCUT2D eigenvalue weighted by Crippen LogP contribution is -2.29. The van der Waals surface area contributed by atoms with E-state index in [1.54, 1.807) is 19.1 Å². The molecule has 6 heteroatoms. The van der Waals surface area contributed by atoms with E-state index in [1.165, 1.54) is 13.0 Å². The fraction of sp³-hybridized carbons (Fsp3) is 0.235. The van der Waals surface area contributed by atoms with Gasteiger partial charge in [-0.05, 0) is 32.4 Å². The highest BCUT2D eigenvalue weighted by Gasteiger charge is 2.17. The number of esters is 1. The lowest BCUT2D eigenvalue weighted by molar-refractivity contribution is -0.148. The highest BCUT2D eigenvalue weighted by molar-refractivity contribution is 5.96. The first kappa shape index (κ1) is 16.5. The zero-order chi connectivity index (χ0) is 16.8. The SMILES string of the molecule is Cc1ccc(/C=C/C(=O)O[C@H](C)C(=O)Nc2cc(C)on2)cc1. The fourth-order valence-electron chi connectivity index (χ4n) is 1.76. The number of hydrogen-bond acceptors (Lipinski definition) is 5. The van der Waals surface area contributed by atoms with E-state index in [0.29, 0.717) is 5.76 Å². The molecule has 0 radical (unpaired) electrons. The number of hydrogen-bond donors (Lipinski definition) is 1. The summed E-state index contributed by atoms with van der Waals surface area (Å²) < 4.78 is 9.88. The summed E-state index contributed by atoms with van der Waals surface area (Å²) in [5.41, 5.74) is 2.01. The number of benzene rings is 1. The van der Waals surface area contributed by atoms with Crippen LogP contribution in [0.3, 0.4) is 0 Å². The Morgan fingerprint density at radius 2 is 1.96 bits per heavy atom. The van der Waals surface area contributed by atoms with Gasteiger partial charge in [-0.25, -0.2) is 4.79 Å². The Morgan fingerprint density at radius 1 is 1.26 bits per heavy atom. The van der Waals surface area contributed by atoms with Gasteiger partial charge in [-0.3, -0.25) is 4.79 Å². The van der Waals surface area contributed by atoms with Crippen LogP contribution in [-0.4, -0.2) is 23.1 Å². The third kappa shape index (κ3) is 5.10. The fourth-order valence-corrected chi connectivity index (χ4v) is 1.76. The number of aromatic nitrogens is 1. The van der Waals surface area contributed by atoms with Gasteiger partial charge < -0.3 is 14.6 Å². The van der Waals surface area contributed by atoms with Crippen molar-refractivity contribution in [3.8, 4) is 0 Å². The van der Waals surface area contributed by atoms with Crippen molar-refractivity contribution >= 4 is 23.8 Å². The number of aryl methyl sites for hydroxylation is 2. The summed E-state index contributed by atoms with van der Waals surface area (Å²) in [6, 6.07) is 9.25. The maximum Gasteiger partial charge on any atom is 0.331 e. The van der Waals surface area contributed by atoms with E-state index >= 15 is 0 Å². The van der Waals surface area contributed by atoms with Crippen molar-refractivity contribution < 1.29 is 18.8 Å². The third-order valence-corrected chi connectivity index (χ3v) is 3.03. The summed E-state index contributed by atoms with van der Waals surface area (Å²) >= 11 is 0. The second-order valence-corrected chi connectivity index (χ2v) is 5.14. The minimum Gasteiger partial charge on any atom is -0.449 e. The zero-order valence-electron chi connectivity index (χ0n) is 13.2. The number of anilines is 1. The van der Waals surface area contributed by atoms with Crippen LogP contribution in [0.2, 0.25) is 0 Å². The Labute approximate surface area is 134 Å². The van der Waals surface area contributed by atoms with Gasteiger partial charge in [0.25, 0.3) is 5.91 Å². The number of nitrogens with zero attached hydrogens (tertiary/aromatic N) is 1. The zero-order valence-corrected chi connectivity index (χ0v) is 13.2. The number of rotatable bonds is 5. The molecule has 6 nitrogen and oxygen atoms in total. The van der Waals surface area contributed by atoms with Gasteiger partial charge in [0.05, 0.1) is 0 Å². The predicted octanol–water partition coefficient (Wildman–Crippen LogP) is 2.88. The van der Waals surface area contributed by atoms with Crippen molar-refractivity contribution in [2.45, 2.75) is 26.9 Å². The van der Waals surface area contributed by atoms with Gasteiger partial charge in [0.15, 0.2) is 11.9 Å². The predicted molar refractivity (Wildman–Crippen MR) is 85.6 cm³/mol. The Hall–Kier alpha value is -2.89. The molecule has 1 heterocycles. The van der Waals surface area contributed by atoms with Gasteiger partial charge in [0.1, 0.15) is 5.76 Å². The molecule has 0 saturated carbocycles. The van der Waals surface area contributed by atoms with Crippen LogP contribution in [0.4, 0.5) is 5.82 Å². The molecule has 0 saturated heterocycles. The molecule has 0 aliphatic heterocycles. The topological polar surface area (TPSA) is 81.4 Å². The molecule has 0 bridgehead atoms. The summed E-state index contributed by atoms with van der Waals surface area (Å²) in [6.07, 6.45) is 1.98. The monoisotopic (exact) mass is 314 g/mol. The molecule has 23 heavy (non-hydrogen) atoms. The van der Waals surface area contributed by atoms with Gasteiger partial charge in [-0.2, -0.15) is 0 Å². The molecule has 1 aromatic heterocycles. The quantitative estimate of drug-likeness (QED) is 0.678. The van der Waals surface area contributed by atoms with Gasteiger partial charge in [-0.1, -0.05) is 35.0 Å². The summed E-state index contributed by atoms with van der Waals surface area (Å²) in [5.74, 6) is -0.212. The van der Waals surface area contributed by atoms with Gasteiger partial charge >= 0.3 is 5.97 Å². The van der Waals surface area contributed by atoms with Crippen molar-refractivity contribution in [3.05, 3.63) is 53.3 Å². The van der Waals surface area contributed by atoms with E-state index in [-0.39, 0.29) is 5.82 Å². The minimum atomic E-state index is -0.942. The molecule has 1 aromatic carbocycles. The standard InChI is InChI=1S/C17H18N2O4/c1-11-4-6-14(7-5-11)8-9-16(20)22-13(3)17(21)18-15-10-12(2)23-19-15/h4-10,13H,1-3H3,(H,18,19,21)/b9-8+/t13-/m1/s1. The normalized spacial score (nSPS) is 12.1. The molecule has 0 aliphatic carbocycles. The smallest absolute Gasteiger partial charge is 0.331 e. The van der Waals surface area contributed by atoms with E-state index in [9.17, 15) is 9.59 Å². The summed E-state index contributed by atoms with van der Waals surface area (Å²) in [6.45, 7) is 5.18. The summed E-state index contributed by atoms with van der Waals surface area (Å²) in [7, 11) is 0. The van der Waals surface area contributed by atoms with Crippen molar-refractivity contribution in [2.75, 3.05) is 5.32 Å². The first-order valence-electron chi connectivity index (χ1n) is 7.13. The van der Waals surface area contributed by atoms with Crippen molar-refractivity contribution in [1.82, 2.24) is 5.16 Å². The van der Waals surface area contributed by atoms with E-state index in [2.05, 4.69) is 10.5 Å². The third-order valence-electron chi connectivity index (χ3n) is 3.03. The van der Waals surface area contributed by atoms with Crippen LogP contribution < -0.4 is 5.32 Å². The van der Waals surface area contributed by atoms with E-state index in [4.69, 9.17) is 9.26 Å². The summed E-state index contributed by atoms with van der Waals surface area (Å²) in [4.78, 5) is 23.6. The number of amides is 1. The lowest BCUT2D eigenvalue weighted by Gasteiger charge is -2.10. The van der Waals surface area contributed by atoms with Crippen LogP contribution in [0.25, 0.3) is 6.08 Å². The van der Waals surface area contributed by atoms with Gasteiger partial charge in [0.2, 0.25) is 0 Å². The van der Waals surface area contributed by atoms with Gasteiger partial charge in [-0.15, -0.1) is 0 Å². The highest BCUT2D eigenvalue weighted by atomic mass is 16.5. The first-order valence-corrected chi connectivity index (χ1v) is 7.13. The van der Waals surface area contributed by atoms with Crippen LogP contribution in [0.5, 0.6) is 0 Å². The molecule has 1 N–H and O–H groups in total. The average Bonchev–Trinajstić information content (AvgIpc) is 2.91. The second kappa shape index (κ2) is 7.40. The van der Waals surface area contributed by atoms with E-state index in [1.807, 2.05) is 31.2 Å². The molecular weight excluding hydrogens is 296 g/mol. The number of nitrogens with one attached hydrogen (secondary N) is 1. The Bertz CT molecular complexity index is 716. The van der Waals surface area contributed by atoms with Crippen molar-refractivity contribution in [2.24, 2.45) is 0 Å². The average molecular weight is 314 g/mol. The minimum absolute atomic E-state index is 0.283. The molecule has 2 aromatic rings. The lowest BCUT2D eigenvalue weighted by atomic mass is 10.1. The molecule has 120 valence electrons. The maximum atomic E-state index is 11.9. The molecular formula is C17H18N2O4. The van der Waals surface area contributed by atoms with Crippen LogP contribution in [0.15, 0.2) is 40.9 Å². The number of carbonyl (C=O) groups is 2. The molecule has 0 unspecified atom stereocenters. The Balaban J connectivity index is 1.86. The second-order valence-electron chi connectivity index (χ2n) is 5.14. The summed E-state index contributed by atoms with van der Waals surface area (Å²) in [5, 5.41) is 6.14. The Morgan fingerprint density at radius 3 is 2.57 bits per heavy atom. The van der Waals surface area contributed by atoms with E-state index in [0.717, 1.165) is 11.1 Å². The van der Waals surface area contributed by atoms with E-state index < -0.39 is 18.0 Å². The maximum absolute atomic E-state index is 11.9. The molecule has 0 fully saturated rings. The highest BCUT2D eigenvalue weighted by Crippen LogP contribution is 2.09. The van der Waals surface area contributed by atoms with Gasteiger partial charge in [0, 0.05) is 12.1 Å². The molecule has 1 amide bonds. The molecule has 1 atom stereocenters. The Kier molecular flexibility index (Phi) is 5.30. The van der Waals surface area contributed by atoms with Crippen LogP contribution in [0, 0.1) is 13.8 Å². The first-order chi connectivity index (χ1) is 10.9. The van der Waals surface area contributed by atoms with Crippen molar-refractivity contribution in [3.63, 3.8) is 0 Å². The molecule has 0 aliphatic rings. The van der Waals surface area contributed by atoms with Crippen LogP contribution in [0.1, 0.15) is 23.8 Å². The number of ether oxygens (including phenoxy) is 1. The largest absolute Gasteiger partial charge is 0.449 e. The van der Waals surface area contributed by atoms with Crippen molar-refractivity contribution in [1.29, 1.82) is 0 Å².